The first kappa shape index (κ1) is 14.3. The Labute approximate surface area is 121 Å². The molecule has 2 rings (SSSR count). The molecule has 0 heterocycles. The summed E-state index contributed by atoms with van der Waals surface area (Å²) in [5.74, 6) is -0.744. The van der Waals surface area contributed by atoms with E-state index in [-0.39, 0.29) is 10.9 Å². The first-order chi connectivity index (χ1) is 9.51. The van der Waals surface area contributed by atoms with Gasteiger partial charge in [-0.25, -0.2) is 4.39 Å². The first-order valence-electron chi connectivity index (χ1n) is 6.06. The summed E-state index contributed by atoms with van der Waals surface area (Å²) in [6, 6.07) is 9.36. The molecule has 2 aromatic rings. The molecule has 0 aromatic heterocycles. The summed E-state index contributed by atoms with van der Waals surface area (Å²) in [5.41, 5.74) is 2.57. The maximum absolute atomic E-state index is 13.0. The average Bonchev–Trinajstić information content (AvgIpc) is 2.41. The third-order valence-electron chi connectivity index (χ3n) is 2.87. The SMILES string of the molecule is CNc1ccc(C)cc1C(=O)Nc1ccc(F)cc1Cl. The van der Waals surface area contributed by atoms with Gasteiger partial charge in [-0.3, -0.25) is 4.79 Å². The molecule has 0 radical (unpaired) electrons. The van der Waals surface area contributed by atoms with E-state index in [1.165, 1.54) is 12.1 Å². The Morgan fingerprint density at radius 2 is 1.85 bits per heavy atom. The van der Waals surface area contributed by atoms with E-state index in [1.54, 1.807) is 13.1 Å². The minimum Gasteiger partial charge on any atom is -0.387 e. The Hall–Kier alpha value is -2.07. The average molecular weight is 293 g/mol. The fourth-order valence-electron chi connectivity index (χ4n) is 1.84. The van der Waals surface area contributed by atoms with Crippen LogP contribution in [0, 0.1) is 12.7 Å². The Morgan fingerprint density at radius 3 is 2.50 bits per heavy atom. The summed E-state index contributed by atoms with van der Waals surface area (Å²) < 4.78 is 13.0. The summed E-state index contributed by atoms with van der Waals surface area (Å²) >= 11 is 5.90. The highest BCUT2D eigenvalue weighted by Gasteiger charge is 2.13. The molecule has 0 saturated carbocycles. The second kappa shape index (κ2) is 5.92. The highest BCUT2D eigenvalue weighted by atomic mass is 35.5. The quantitative estimate of drug-likeness (QED) is 0.895. The number of benzene rings is 2. The number of amides is 1. The summed E-state index contributed by atoms with van der Waals surface area (Å²) in [5, 5.41) is 5.80. The number of nitrogens with one attached hydrogen (secondary N) is 2. The van der Waals surface area contributed by atoms with Gasteiger partial charge in [-0.15, -0.1) is 0 Å². The van der Waals surface area contributed by atoms with Crippen LogP contribution in [0.25, 0.3) is 0 Å². The van der Waals surface area contributed by atoms with E-state index in [2.05, 4.69) is 10.6 Å². The van der Waals surface area contributed by atoms with E-state index < -0.39 is 5.82 Å². The molecule has 5 heteroatoms. The molecule has 0 aliphatic carbocycles. The second-order valence-electron chi connectivity index (χ2n) is 4.38. The van der Waals surface area contributed by atoms with Crippen molar-refractivity contribution in [3.8, 4) is 0 Å². The molecule has 2 N–H and O–H groups in total. The van der Waals surface area contributed by atoms with Crippen molar-refractivity contribution >= 4 is 28.9 Å². The Morgan fingerprint density at radius 1 is 1.15 bits per heavy atom. The lowest BCUT2D eigenvalue weighted by Crippen LogP contribution is -2.14. The zero-order valence-electron chi connectivity index (χ0n) is 11.1. The van der Waals surface area contributed by atoms with Gasteiger partial charge in [0.05, 0.1) is 16.3 Å². The fraction of sp³-hybridized carbons (Fsp3) is 0.133. The molecule has 0 atom stereocenters. The molecule has 1 amide bonds. The van der Waals surface area contributed by atoms with Crippen LogP contribution in [0.15, 0.2) is 36.4 Å². The molecule has 0 spiro atoms. The normalized spacial score (nSPS) is 10.2. The van der Waals surface area contributed by atoms with Crippen molar-refractivity contribution in [3.63, 3.8) is 0 Å². The van der Waals surface area contributed by atoms with Crippen LogP contribution >= 0.6 is 11.6 Å². The molecular weight excluding hydrogens is 279 g/mol. The lowest BCUT2D eigenvalue weighted by Gasteiger charge is -2.11. The Bertz CT molecular complexity index is 658. The largest absolute Gasteiger partial charge is 0.387 e. The minimum absolute atomic E-state index is 0.164. The van der Waals surface area contributed by atoms with E-state index in [1.807, 2.05) is 19.1 Å². The van der Waals surface area contributed by atoms with Gasteiger partial charge in [0.1, 0.15) is 5.82 Å². The van der Waals surface area contributed by atoms with E-state index >= 15 is 0 Å². The molecule has 0 saturated heterocycles. The van der Waals surface area contributed by atoms with Crippen molar-refractivity contribution in [2.24, 2.45) is 0 Å². The molecule has 104 valence electrons. The highest BCUT2D eigenvalue weighted by molar-refractivity contribution is 6.34. The van der Waals surface area contributed by atoms with Gasteiger partial charge in [0.25, 0.3) is 5.91 Å². The van der Waals surface area contributed by atoms with E-state index in [0.717, 1.165) is 11.6 Å². The number of halogens is 2. The lowest BCUT2D eigenvalue weighted by molar-refractivity contribution is 0.102. The van der Waals surface area contributed by atoms with Crippen molar-refractivity contribution in [2.45, 2.75) is 6.92 Å². The standard InChI is InChI=1S/C15H14ClFN2O/c1-9-3-5-13(18-2)11(7-9)15(20)19-14-6-4-10(17)8-12(14)16/h3-8,18H,1-2H3,(H,19,20). The van der Waals surface area contributed by atoms with Gasteiger partial charge in [0, 0.05) is 12.7 Å². The minimum atomic E-state index is -0.445. The predicted molar refractivity (Wildman–Crippen MR) is 80.1 cm³/mol. The molecule has 0 aliphatic heterocycles. The number of carbonyl (C=O) groups is 1. The lowest BCUT2D eigenvalue weighted by atomic mass is 10.1. The van der Waals surface area contributed by atoms with Crippen molar-refractivity contribution < 1.29 is 9.18 Å². The van der Waals surface area contributed by atoms with E-state index in [9.17, 15) is 9.18 Å². The number of anilines is 2. The fourth-order valence-corrected chi connectivity index (χ4v) is 2.06. The van der Waals surface area contributed by atoms with E-state index in [4.69, 9.17) is 11.6 Å². The third-order valence-corrected chi connectivity index (χ3v) is 3.18. The molecule has 2 aromatic carbocycles. The number of rotatable bonds is 3. The third kappa shape index (κ3) is 3.08. The monoisotopic (exact) mass is 292 g/mol. The van der Waals surface area contributed by atoms with Crippen LogP contribution in [0.3, 0.4) is 0 Å². The van der Waals surface area contributed by atoms with Crippen LogP contribution in [-0.4, -0.2) is 13.0 Å². The maximum atomic E-state index is 13.0. The molecule has 3 nitrogen and oxygen atoms in total. The van der Waals surface area contributed by atoms with Crippen LogP contribution in [0.2, 0.25) is 5.02 Å². The van der Waals surface area contributed by atoms with Gasteiger partial charge >= 0.3 is 0 Å². The zero-order valence-corrected chi connectivity index (χ0v) is 11.9. The van der Waals surface area contributed by atoms with Gasteiger partial charge in [-0.1, -0.05) is 23.2 Å². The Kier molecular flexibility index (Phi) is 4.25. The topological polar surface area (TPSA) is 41.1 Å². The van der Waals surface area contributed by atoms with Crippen molar-refractivity contribution in [3.05, 3.63) is 58.4 Å². The van der Waals surface area contributed by atoms with E-state index in [0.29, 0.717) is 16.9 Å². The number of hydrogen-bond acceptors (Lipinski definition) is 2. The van der Waals surface area contributed by atoms with Crippen LogP contribution in [0.5, 0.6) is 0 Å². The van der Waals surface area contributed by atoms with Gasteiger partial charge in [-0.2, -0.15) is 0 Å². The maximum Gasteiger partial charge on any atom is 0.257 e. The summed E-state index contributed by atoms with van der Waals surface area (Å²) in [6.45, 7) is 1.90. The second-order valence-corrected chi connectivity index (χ2v) is 4.78. The number of hydrogen-bond donors (Lipinski definition) is 2. The summed E-state index contributed by atoms with van der Waals surface area (Å²) in [4.78, 5) is 12.3. The zero-order chi connectivity index (χ0) is 14.7. The van der Waals surface area contributed by atoms with Crippen molar-refractivity contribution in [1.82, 2.24) is 0 Å². The number of aryl methyl sites for hydroxylation is 1. The molecular formula is C15H14ClFN2O. The first-order valence-corrected chi connectivity index (χ1v) is 6.44. The molecule has 0 aliphatic rings. The highest BCUT2D eigenvalue weighted by Crippen LogP contribution is 2.24. The Balaban J connectivity index is 2.30. The van der Waals surface area contributed by atoms with Crippen molar-refractivity contribution in [1.29, 1.82) is 0 Å². The molecule has 0 bridgehead atoms. The summed E-state index contributed by atoms with van der Waals surface area (Å²) in [7, 11) is 1.74. The smallest absolute Gasteiger partial charge is 0.257 e. The van der Waals surface area contributed by atoms with Gasteiger partial charge in [0.15, 0.2) is 0 Å². The van der Waals surface area contributed by atoms with Gasteiger partial charge < -0.3 is 10.6 Å². The van der Waals surface area contributed by atoms with Crippen LogP contribution < -0.4 is 10.6 Å². The summed E-state index contributed by atoms with van der Waals surface area (Å²) in [6.07, 6.45) is 0. The van der Waals surface area contributed by atoms with Gasteiger partial charge in [0.2, 0.25) is 0 Å². The molecule has 0 fully saturated rings. The van der Waals surface area contributed by atoms with Crippen LogP contribution in [-0.2, 0) is 0 Å². The van der Waals surface area contributed by atoms with Gasteiger partial charge in [-0.05, 0) is 37.3 Å². The van der Waals surface area contributed by atoms with Crippen LogP contribution in [0.4, 0.5) is 15.8 Å². The predicted octanol–water partition coefficient (Wildman–Crippen LogP) is 4.08. The van der Waals surface area contributed by atoms with Crippen LogP contribution in [0.1, 0.15) is 15.9 Å². The van der Waals surface area contributed by atoms with Crippen molar-refractivity contribution in [2.75, 3.05) is 17.7 Å². The molecule has 0 unspecified atom stereocenters. The molecule has 20 heavy (non-hydrogen) atoms. The number of carbonyl (C=O) groups excluding carboxylic acids is 1.